The van der Waals surface area contributed by atoms with Gasteiger partial charge in [-0.05, 0) is 55.7 Å². The van der Waals surface area contributed by atoms with Crippen LogP contribution in [-0.4, -0.2) is 30.7 Å². The monoisotopic (exact) mass is 401 g/mol. The lowest BCUT2D eigenvalue weighted by Crippen LogP contribution is -2.30. The smallest absolute Gasteiger partial charge is 0.255 e. The van der Waals surface area contributed by atoms with Crippen molar-refractivity contribution in [1.82, 2.24) is 0 Å². The molecule has 0 aromatic heterocycles. The van der Waals surface area contributed by atoms with Crippen molar-refractivity contribution in [3.8, 4) is 0 Å². The fraction of sp³-hybridized carbons (Fsp3) is 0.300. The van der Waals surface area contributed by atoms with Crippen molar-refractivity contribution in [2.45, 2.75) is 24.2 Å². The van der Waals surface area contributed by atoms with Gasteiger partial charge < -0.3 is 15.5 Å². The molecule has 27 heavy (non-hydrogen) atoms. The van der Waals surface area contributed by atoms with E-state index in [0.29, 0.717) is 27.7 Å². The number of hydrogen-bond acceptors (Lipinski definition) is 4. The molecule has 1 saturated heterocycles. The molecular weight excluding hydrogens is 382 g/mol. The molecule has 2 aromatic carbocycles. The van der Waals surface area contributed by atoms with E-state index in [0.717, 1.165) is 36.5 Å². The highest BCUT2D eigenvalue weighted by atomic mass is 35.5. The highest BCUT2D eigenvalue weighted by Crippen LogP contribution is 2.34. The molecule has 140 valence electrons. The first-order valence-corrected chi connectivity index (χ1v) is 10.4. The minimum absolute atomic E-state index is 0.0488. The topological polar surface area (TPSA) is 61.4 Å². The van der Waals surface area contributed by atoms with Gasteiger partial charge in [0.05, 0.1) is 22.8 Å². The molecule has 0 bridgehead atoms. The number of nitrogens with one attached hydrogen (secondary N) is 2. The lowest BCUT2D eigenvalue weighted by atomic mass is 10.1. The minimum atomic E-state index is -0.219. The highest BCUT2D eigenvalue weighted by molar-refractivity contribution is 8.00. The molecule has 2 heterocycles. The molecule has 0 unspecified atom stereocenters. The van der Waals surface area contributed by atoms with Gasteiger partial charge in [0.15, 0.2) is 0 Å². The molecule has 2 amide bonds. The van der Waals surface area contributed by atoms with Crippen LogP contribution in [0.25, 0.3) is 0 Å². The van der Waals surface area contributed by atoms with Crippen LogP contribution in [0.2, 0.25) is 5.02 Å². The van der Waals surface area contributed by atoms with Crippen LogP contribution in [0.15, 0.2) is 41.3 Å². The van der Waals surface area contributed by atoms with E-state index in [1.54, 1.807) is 18.2 Å². The first kappa shape index (κ1) is 18.2. The summed E-state index contributed by atoms with van der Waals surface area (Å²) in [5.74, 6) is 0.135. The second-order valence-electron chi connectivity index (χ2n) is 6.71. The predicted octanol–water partition coefficient (Wildman–Crippen LogP) is 4.63. The van der Waals surface area contributed by atoms with E-state index in [1.807, 2.05) is 18.2 Å². The van der Waals surface area contributed by atoms with Gasteiger partial charge in [-0.25, -0.2) is 0 Å². The number of thioether (sulfide) groups is 1. The van der Waals surface area contributed by atoms with Gasteiger partial charge in [-0.1, -0.05) is 11.6 Å². The number of nitrogens with zero attached hydrogens (tertiary/aromatic N) is 1. The Hall–Kier alpha value is -2.18. The van der Waals surface area contributed by atoms with E-state index < -0.39 is 0 Å². The van der Waals surface area contributed by atoms with Gasteiger partial charge in [0.25, 0.3) is 5.91 Å². The zero-order valence-electron chi connectivity index (χ0n) is 14.8. The van der Waals surface area contributed by atoms with Gasteiger partial charge in [-0.15, -0.1) is 11.8 Å². The van der Waals surface area contributed by atoms with Crippen molar-refractivity contribution < 1.29 is 9.59 Å². The van der Waals surface area contributed by atoms with Crippen LogP contribution in [0.5, 0.6) is 0 Å². The predicted molar refractivity (Wildman–Crippen MR) is 111 cm³/mol. The third-order valence-corrected chi connectivity index (χ3v) is 6.09. The molecule has 5 nitrogen and oxygen atoms in total. The minimum Gasteiger partial charge on any atom is -0.370 e. The number of fused-ring (bicyclic) bond motifs is 1. The van der Waals surface area contributed by atoms with Crippen molar-refractivity contribution in [3.05, 3.63) is 47.0 Å². The lowest BCUT2D eigenvalue weighted by molar-refractivity contribution is -0.113. The maximum absolute atomic E-state index is 12.8. The largest absolute Gasteiger partial charge is 0.370 e. The Morgan fingerprint density at radius 2 is 1.93 bits per heavy atom. The number of benzene rings is 2. The molecule has 0 saturated carbocycles. The Balaban J connectivity index is 1.58. The molecular formula is C20H20ClN3O2S. The summed E-state index contributed by atoms with van der Waals surface area (Å²) in [6, 6.07) is 11.0. The first-order valence-electron chi connectivity index (χ1n) is 9.03. The Morgan fingerprint density at radius 1 is 1.11 bits per heavy atom. The summed E-state index contributed by atoms with van der Waals surface area (Å²) in [5.41, 5.74) is 2.90. The number of anilines is 3. The fourth-order valence-corrected chi connectivity index (χ4v) is 4.40. The number of carbonyl (C=O) groups is 2. The molecule has 7 heteroatoms. The van der Waals surface area contributed by atoms with Crippen LogP contribution >= 0.6 is 23.4 Å². The van der Waals surface area contributed by atoms with Crippen LogP contribution in [0, 0.1) is 0 Å². The van der Waals surface area contributed by atoms with Gasteiger partial charge in [0.1, 0.15) is 0 Å². The van der Waals surface area contributed by atoms with Crippen LogP contribution in [0.1, 0.15) is 29.6 Å². The Bertz CT molecular complexity index is 897. The van der Waals surface area contributed by atoms with Crippen LogP contribution in [0.4, 0.5) is 17.1 Å². The van der Waals surface area contributed by atoms with E-state index in [9.17, 15) is 9.59 Å². The average Bonchev–Trinajstić information content (AvgIpc) is 2.68. The first-order chi connectivity index (χ1) is 13.1. The van der Waals surface area contributed by atoms with Crippen LogP contribution in [0.3, 0.4) is 0 Å². The van der Waals surface area contributed by atoms with Crippen molar-refractivity contribution >= 4 is 52.2 Å². The highest BCUT2D eigenvalue weighted by Gasteiger charge is 2.19. The average molecular weight is 402 g/mol. The van der Waals surface area contributed by atoms with Crippen molar-refractivity contribution in [2.24, 2.45) is 0 Å². The molecule has 0 aliphatic carbocycles. The summed E-state index contributed by atoms with van der Waals surface area (Å²) in [6.07, 6.45) is 3.54. The molecule has 0 spiro atoms. The van der Waals surface area contributed by atoms with E-state index in [2.05, 4.69) is 15.5 Å². The number of rotatable bonds is 3. The molecule has 4 rings (SSSR count). The summed E-state index contributed by atoms with van der Waals surface area (Å²) in [6.45, 7) is 1.96. The van der Waals surface area contributed by atoms with E-state index in [4.69, 9.17) is 11.6 Å². The molecule has 2 aromatic rings. The van der Waals surface area contributed by atoms with Gasteiger partial charge in [0, 0.05) is 28.6 Å². The van der Waals surface area contributed by atoms with Gasteiger partial charge in [-0.3, -0.25) is 9.59 Å². The second-order valence-corrected chi connectivity index (χ2v) is 8.16. The van der Waals surface area contributed by atoms with Gasteiger partial charge in [-0.2, -0.15) is 0 Å². The molecule has 0 radical (unpaired) electrons. The quantitative estimate of drug-likeness (QED) is 0.787. The van der Waals surface area contributed by atoms with E-state index in [-0.39, 0.29) is 11.8 Å². The van der Waals surface area contributed by atoms with Gasteiger partial charge in [0.2, 0.25) is 5.91 Å². The van der Waals surface area contributed by atoms with E-state index in [1.165, 1.54) is 18.2 Å². The molecule has 2 N–H and O–H groups in total. The second kappa shape index (κ2) is 7.82. The van der Waals surface area contributed by atoms with Crippen LogP contribution in [-0.2, 0) is 4.79 Å². The zero-order valence-corrected chi connectivity index (χ0v) is 16.3. The molecule has 2 aliphatic rings. The molecule has 0 atom stereocenters. The van der Waals surface area contributed by atoms with Crippen molar-refractivity contribution in [2.75, 3.05) is 34.4 Å². The number of hydrogen-bond donors (Lipinski definition) is 2. The lowest BCUT2D eigenvalue weighted by Gasteiger charge is -2.30. The Labute approximate surface area is 167 Å². The maximum Gasteiger partial charge on any atom is 0.255 e. The molecule has 2 aliphatic heterocycles. The third kappa shape index (κ3) is 4.06. The maximum atomic E-state index is 12.8. The summed E-state index contributed by atoms with van der Waals surface area (Å²) in [7, 11) is 0. The number of amides is 2. The fourth-order valence-electron chi connectivity index (χ4n) is 3.44. The van der Waals surface area contributed by atoms with Crippen LogP contribution < -0.4 is 15.5 Å². The normalized spacial score (nSPS) is 16.5. The zero-order chi connectivity index (χ0) is 18.8. The SMILES string of the molecule is O=C1CSc2ccc(C(=O)Nc3cc(Cl)ccc3N3CCCCC3)cc2N1. The number of carbonyl (C=O) groups excluding carboxylic acids is 2. The van der Waals surface area contributed by atoms with Gasteiger partial charge >= 0.3 is 0 Å². The van der Waals surface area contributed by atoms with Crippen molar-refractivity contribution in [1.29, 1.82) is 0 Å². The summed E-state index contributed by atoms with van der Waals surface area (Å²) in [4.78, 5) is 27.7. The third-order valence-electron chi connectivity index (χ3n) is 4.78. The van der Waals surface area contributed by atoms with Crippen molar-refractivity contribution in [3.63, 3.8) is 0 Å². The Kier molecular flexibility index (Phi) is 5.27. The summed E-state index contributed by atoms with van der Waals surface area (Å²) >= 11 is 7.65. The molecule has 1 fully saturated rings. The Morgan fingerprint density at radius 3 is 2.74 bits per heavy atom. The summed E-state index contributed by atoms with van der Waals surface area (Å²) < 4.78 is 0. The standard InChI is InChI=1S/C20H20ClN3O2S/c21-14-5-6-17(24-8-2-1-3-9-24)15(11-14)23-20(26)13-4-7-18-16(10-13)22-19(25)12-27-18/h4-7,10-11H,1-3,8-9,12H2,(H,22,25)(H,23,26). The summed E-state index contributed by atoms with van der Waals surface area (Å²) in [5, 5.41) is 6.40. The number of halogens is 1. The van der Waals surface area contributed by atoms with E-state index >= 15 is 0 Å². The number of piperidine rings is 1.